The number of benzene rings is 2. The van der Waals surface area contributed by atoms with Gasteiger partial charge in [0.1, 0.15) is 0 Å². The Hall–Kier alpha value is -2.41. The first-order valence-corrected chi connectivity index (χ1v) is 9.38. The second-order valence-corrected chi connectivity index (χ2v) is 7.37. The topological polar surface area (TPSA) is 46.4 Å². The van der Waals surface area contributed by atoms with Gasteiger partial charge in [-0.15, -0.1) is 0 Å². The summed E-state index contributed by atoms with van der Waals surface area (Å²) < 4.78 is 3.44. The first-order valence-electron chi connectivity index (χ1n) is 8.30. The van der Waals surface area contributed by atoms with Crippen LogP contribution in [0.2, 0.25) is 0 Å². The van der Waals surface area contributed by atoms with Crippen molar-refractivity contribution >= 4 is 46.1 Å². The van der Waals surface area contributed by atoms with E-state index in [2.05, 4.69) is 81.6 Å². The van der Waals surface area contributed by atoms with Crippen molar-refractivity contribution in [3.8, 4) is 5.69 Å². The van der Waals surface area contributed by atoms with Crippen LogP contribution in [0.1, 0.15) is 23.9 Å². The lowest BCUT2D eigenvalue weighted by Crippen LogP contribution is -2.05. The molecule has 0 spiro atoms. The zero-order valence-electron chi connectivity index (χ0n) is 15.0. The number of rotatable bonds is 4. The molecule has 0 aliphatic heterocycles. The van der Waals surface area contributed by atoms with E-state index in [9.17, 15) is 4.79 Å². The smallest absolute Gasteiger partial charge is 0.221 e. The molecule has 3 aromatic rings. The van der Waals surface area contributed by atoms with Crippen molar-refractivity contribution in [3.05, 3.63) is 75.1 Å². The summed E-state index contributed by atoms with van der Waals surface area (Å²) in [5.74, 6) is -0.0906. The van der Waals surface area contributed by atoms with E-state index in [0.717, 1.165) is 34.0 Å². The molecule has 1 aromatic heterocycles. The van der Waals surface area contributed by atoms with Crippen LogP contribution in [0.5, 0.6) is 0 Å². The number of carbonyl (C=O) groups is 1. The van der Waals surface area contributed by atoms with Gasteiger partial charge in [-0.05, 0) is 85.0 Å². The van der Waals surface area contributed by atoms with Gasteiger partial charge in [0.15, 0.2) is 0 Å². The number of hydrogen-bond donors (Lipinski definition) is 1. The fraction of sp³-hybridized carbons (Fsp3) is 0.143. The number of hydrogen-bond acceptors (Lipinski definition) is 2. The van der Waals surface area contributed by atoms with Crippen LogP contribution in [-0.4, -0.2) is 16.7 Å². The SMILES string of the molecule is CC(=O)Nc1cccc(N=Cc2cc(C)n(-c3ccc(I)cc3)c2C)c1. The molecule has 0 fully saturated rings. The number of halogens is 1. The van der Waals surface area contributed by atoms with Gasteiger partial charge < -0.3 is 9.88 Å². The van der Waals surface area contributed by atoms with Crippen molar-refractivity contribution in [2.75, 3.05) is 5.32 Å². The largest absolute Gasteiger partial charge is 0.326 e. The molecule has 0 radical (unpaired) electrons. The standard InChI is InChI=1S/C21H20IN3O/c1-14-11-17(15(2)25(14)21-9-7-18(22)8-10-21)13-23-19-5-4-6-20(12-19)24-16(3)26/h4-13H,1-3H3,(H,24,26). The Balaban J connectivity index is 1.89. The second-order valence-electron chi connectivity index (χ2n) is 6.13. The summed E-state index contributed by atoms with van der Waals surface area (Å²) in [6.07, 6.45) is 1.87. The maximum atomic E-state index is 11.2. The third-order valence-electron chi connectivity index (χ3n) is 4.07. The van der Waals surface area contributed by atoms with Crippen molar-refractivity contribution < 1.29 is 4.79 Å². The van der Waals surface area contributed by atoms with E-state index in [1.807, 2.05) is 30.5 Å². The molecule has 1 amide bonds. The van der Waals surface area contributed by atoms with Crippen molar-refractivity contribution in [2.24, 2.45) is 4.99 Å². The van der Waals surface area contributed by atoms with E-state index >= 15 is 0 Å². The number of amides is 1. The average molecular weight is 457 g/mol. The van der Waals surface area contributed by atoms with Crippen molar-refractivity contribution in [2.45, 2.75) is 20.8 Å². The number of aliphatic imine (C=N–C) groups is 1. The monoisotopic (exact) mass is 457 g/mol. The van der Waals surface area contributed by atoms with Crippen molar-refractivity contribution in [3.63, 3.8) is 0 Å². The molecule has 4 nitrogen and oxygen atoms in total. The Labute approximate surface area is 167 Å². The maximum absolute atomic E-state index is 11.2. The molecule has 0 aliphatic rings. The molecule has 132 valence electrons. The molecule has 0 saturated carbocycles. The van der Waals surface area contributed by atoms with E-state index in [0.29, 0.717) is 0 Å². The van der Waals surface area contributed by atoms with Gasteiger partial charge in [0.25, 0.3) is 0 Å². The summed E-state index contributed by atoms with van der Waals surface area (Å²) in [5.41, 5.74) is 6.08. The minimum absolute atomic E-state index is 0.0906. The predicted molar refractivity (Wildman–Crippen MR) is 116 cm³/mol. The van der Waals surface area contributed by atoms with Crippen LogP contribution in [0.4, 0.5) is 11.4 Å². The highest BCUT2D eigenvalue weighted by molar-refractivity contribution is 14.1. The molecule has 1 heterocycles. The molecule has 0 aliphatic carbocycles. The zero-order chi connectivity index (χ0) is 18.7. The van der Waals surface area contributed by atoms with Gasteiger partial charge in [-0.1, -0.05) is 6.07 Å². The highest BCUT2D eigenvalue weighted by atomic mass is 127. The summed E-state index contributed by atoms with van der Waals surface area (Å²) in [4.78, 5) is 15.8. The second kappa shape index (κ2) is 7.86. The van der Waals surface area contributed by atoms with Gasteiger partial charge >= 0.3 is 0 Å². The molecule has 5 heteroatoms. The highest BCUT2D eigenvalue weighted by Gasteiger charge is 2.09. The van der Waals surface area contributed by atoms with E-state index in [1.54, 1.807) is 0 Å². The van der Waals surface area contributed by atoms with Crippen LogP contribution < -0.4 is 5.32 Å². The Morgan fingerprint density at radius 1 is 1.12 bits per heavy atom. The van der Waals surface area contributed by atoms with Gasteiger partial charge in [0.05, 0.1) is 5.69 Å². The van der Waals surface area contributed by atoms with Crippen LogP contribution in [0.15, 0.2) is 59.6 Å². The van der Waals surface area contributed by atoms with Crippen molar-refractivity contribution in [1.29, 1.82) is 0 Å². The molecule has 0 saturated heterocycles. The summed E-state index contributed by atoms with van der Waals surface area (Å²) in [6.45, 7) is 5.69. The van der Waals surface area contributed by atoms with Crippen LogP contribution in [0.25, 0.3) is 5.69 Å². The van der Waals surface area contributed by atoms with Gasteiger partial charge in [-0.3, -0.25) is 9.79 Å². The first kappa shape index (κ1) is 18.4. The Morgan fingerprint density at radius 3 is 2.54 bits per heavy atom. The lowest BCUT2D eigenvalue weighted by atomic mass is 10.2. The van der Waals surface area contributed by atoms with Crippen LogP contribution >= 0.6 is 22.6 Å². The van der Waals surface area contributed by atoms with Gasteiger partial charge in [-0.2, -0.15) is 0 Å². The fourth-order valence-electron chi connectivity index (χ4n) is 2.92. The molecule has 3 rings (SSSR count). The Morgan fingerprint density at radius 2 is 1.85 bits per heavy atom. The lowest BCUT2D eigenvalue weighted by molar-refractivity contribution is -0.114. The first-order chi connectivity index (χ1) is 12.4. The van der Waals surface area contributed by atoms with E-state index < -0.39 is 0 Å². The van der Waals surface area contributed by atoms with Gasteiger partial charge in [-0.25, -0.2) is 0 Å². The van der Waals surface area contributed by atoms with Crippen LogP contribution in [-0.2, 0) is 4.79 Å². The fourth-order valence-corrected chi connectivity index (χ4v) is 3.28. The number of carbonyl (C=O) groups excluding carboxylic acids is 1. The molecule has 0 bridgehead atoms. The minimum Gasteiger partial charge on any atom is -0.326 e. The highest BCUT2D eigenvalue weighted by Crippen LogP contribution is 2.22. The molecule has 0 unspecified atom stereocenters. The summed E-state index contributed by atoms with van der Waals surface area (Å²) in [5, 5.41) is 2.78. The molecule has 2 aromatic carbocycles. The molecule has 26 heavy (non-hydrogen) atoms. The molecular weight excluding hydrogens is 437 g/mol. The van der Waals surface area contributed by atoms with E-state index in [1.165, 1.54) is 10.5 Å². The number of aromatic nitrogens is 1. The quantitative estimate of drug-likeness (QED) is 0.414. The lowest BCUT2D eigenvalue weighted by Gasteiger charge is -2.09. The summed E-state index contributed by atoms with van der Waals surface area (Å²) in [6, 6.07) is 18.1. The predicted octanol–water partition coefficient (Wildman–Crippen LogP) is 5.41. The third kappa shape index (κ3) is 4.22. The van der Waals surface area contributed by atoms with Gasteiger partial charge in [0.2, 0.25) is 5.91 Å². The van der Waals surface area contributed by atoms with Crippen molar-refractivity contribution in [1.82, 2.24) is 4.57 Å². The molecule has 1 N–H and O–H groups in total. The van der Waals surface area contributed by atoms with Crippen LogP contribution in [0.3, 0.4) is 0 Å². The Bertz CT molecular complexity index is 971. The van der Waals surface area contributed by atoms with E-state index in [4.69, 9.17) is 0 Å². The number of nitrogens with zero attached hydrogens (tertiary/aromatic N) is 2. The Kier molecular flexibility index (Phi) is 5.56. The zero-order valence-corrected chi connectivity index (χ0v) is 17.1. The normalized spacial score (nSPS) is 11.1. The van der Waals surface area contributed by atoms with Crippen LogP contribution in [0, 0.1) is 17.4 Å². The van der Waals surface area contributed by atoms with E-state index in [-0.39, 0.29) is 5.91 Å². The van der Waals surface area contributed by atoms with Gasteiger partial charge in [0, 0.05) is 45.0 Å². The minimum atomic E-state index is -0.0906. The average Bonchev–Trinajstić information content (AvgIpc) is 2.88. The summed E-state index contributed by atoms with van der Waals surface area (Å²) in [7, 11) is 0. The molecular formula is C21H20IN3O. The molecule has 0 atom stereocenters. The number of nitrogens with one attached hydrogen (secondary N) is 1. The maximum Gasteiger partial charge on any atom is 0.221 e. The number of aryl methyl sites for hydroxylation is 1. The summed E-state index contributed by atoms with van der Waals surface area (Å²) >= 11 is 2.31. The third-order valence-corrected chi connectivity index (χ3v) is 4.79. The number of anilines is 1.